The molecule has 0 aliphatic heterocycles. The Morgan fingerprint density at radius 2 is 1.84 bits per heavy atom. The van der Waals surface area contributed by atoms with Crippen LogP contribution < -0.4 is 14.8 Å². The molecule has 0 saturated heterocycles. The van der Waals surface area contributed by atoms with Crippen molar-refractivity contribution in [2.45, 2.75) is 45.6 Å². The van der Waals surface area contributed by atoms with Crippen LogP contribution in [0, 0.1) is 12.8 Å². The third-order valence-electron chi connectivity index (χ3n) is 6.25. The molecule has 0 unspecified atom stereocenters. The van der Waals surface area contributed by atoms with Gasteiger partial charge in [0.05, 0.1) is 25.5 Å². The lowest BCUT2D eigenvalue weighted by Crippen LogP contribution is -2.18. The summed E-state index contributed by atoms with van der Waals surface area (Å²) in [6, 6.07) is 9.40. The van der Waals surface area contributed by atoms with Gasteiger partial charge in [-0.05, 0) is 56.0 Å². The summed E-state index contributed by atoms with van der Waals surface area (Å²) in [5.41, 5.74) is 3.38. The lowest BCUT2D eigenvalue weighted by Gasteiger charge is -2.24. The number of rotatable bonds is 7. The van der Waals surface area contributed by atoms with Crippen molar-refractivity contribution < 1.29 is 14.3 Å². The molecule has 1 amide bonds. The normalized spacial score (nSPS) is 14.2. The molecule has 7 nitrogen and oxygen atoms in total. The van der Waals surface area contributed by atoms with Gasteiger partial charge in [-0.1, -0.05) is 19.3 Å². The zero-order valence-corrected chi connectivity index (χ0v) is 18.9. The first-order chi connectivity index (χ1) is 15.6. The van der Waals surface area contributed by atoms with E-state index in [0.29, 0.717) is 11.5 Å². The van der Waals surface area contributed by atoms with Gasteiger partial charge in [-0.3, -0.25) is 10.1 Å². The number of anilines is 1. The lowest BCUT2D eigenvalue weighted by molar-refractivity contribution is 0.102. The minimum atomic E-state index is -0.223. The minimum absolute atomic E-state index is 0.223. The number of aromatic nitrogens is 3. The van der Waals surface area contributed by atoms with Crippen molar-refractivity contribution in [2.75, 3.05) is 19.5 Å². The molecular formula is C25H30N4O3. The number of methoxy groups -OCH3 is 2. The number of ether oxygens (including phenoxy) is 2. The molecule has 0 radical (unpaired) electrons. The van der Waals surface area contributed by atoms with Crippen molar-refractivity contribution in [3.8, 4) is 22.8 Å². The summed E-state index contributed by atoms with van der Waals surface area (Å²) >= 11 is 0. The van der Waals surface area contributed by atoms with E-state index < -0.39 is 0 Å². The summed E-state index contributed by atoms with van der Waals surface area (Å²) in [4.78, 5) is 21.4. The topological polar surface area (TPSA) is 78.3 Å². The van der Waals surface area contributed by atoms with Crippen LogP contribution in [0.2, 0.25) is 0 Å². The highest BCUT2D eigenvalue weighted by Gasteiger charge is 2.24. The first-order valence-electron chi connectivity index (χ1n) is 11.1. The van der Waals surface area contributed by atoms with E-state index in [4.69, 9.17) is 9.47 Å². The van der Waals surface area contributed by atoms with Crippen LogP contribution in [0.15, 0.2) is 42.7 Å². The molecule has 1 saturated carbocycles. The molecule has 3 aromatic rings. The van der Waals surface area contributed by atoms with Gasteiger partial charge in [0.1, 0.15) is 11.5 Å². The van der Waals surface area contributed by atoms with Gasteiger partial charge in [0.15, 0.2) is 0 Å². The van der Waals surface area contributed by atoms with Crippen molar-refractivity contribution in [2.24, 2.45) is 5.92 Å². The third kappa shape index (κ3) is 4.61. The van der Waals surface area contributed by atoms with E-state index in [1.54, 1.807) is 32.7 Å². The summed E-state index contributed by atoms with van der Waals surface area (Å²) in [5, 5.41) is 2.82. The fourth-order valence-corrected chi connectivity index (χ4v) is 4.51. The van der Waals surface area contributed by atoms with Crippen LogP contribution >= 0.6 is 0 Å². The molecule has 2 aromatic heterocycles. The van der Waals surface area contributed by atoms with E-state index in [-0.39, 0.29) is 11.9 Å². The van der Waals surface area contributed by atoms with Crippen molar-refractivity contribution in [3.63, 3.8) is 0 Å². The first-order valence-corrected chi connectivity index (χ1v) is 11.1. The molecule has 1 aromatic carbocycles. The molecule has 1 N–H and O–H groups in total. The van der Waals surface area contributed by atoms with Gasteiger partial charge in [-0.25, -0.2) is 9.97 Å². The second kappa shape index (κ2) is 9.85. The van der Waals surface area contributed by atoms with E-state index in [1.807, 2.05) is 31.2 Å². The highest BCUT2D eigenvalue weighted by molar-refractivity contribution is 6.05. The third-order valence-corrected chi connectivity index (χ3v) is 6.25. The van der Waals surface area contributed by atoms with Crippen LogP contribution in [0.3, 0.4) is 0 Å². The summed E-state index contributed by atoms with van der Waals surface area (Å²) < 4.78 is 13.4. The highest BCUT2D eigenvalue weighted by atomic mass is 16.5. The first kappa shape index (κ1) is 21.9. The van der Waals surface area contributed by atoms with E-state index in [9.17, 15) is 4.79 Å². The molecule has 4 rings (SSSR count). The predicted molar refractivity (Wildman–Crippen MR) is 124 cm³/mol. The Bertz CT molecular complexity index is 1070. The second-order valence-electron chi connectivity index (χ2n) is 8.24. The number of carbonyl (C=O) groups excluding carboxylic acids is 1. The summed E-state index contributed by atoms with van der Waals surface area (Å²) in [5.74, 6) is 2.15. The maximum Gasteiger partial charge on any atom is 0.259 e. The fourth-order valence-electron chi connectivity index (χ4n) is 4.51. The maximum absolute atomic E-state index is 13.1. The van der Waals surface area contributed by atoms with Gasteiger partial charge in [-0.2, -0.15) is 0 Å². The molecule has 32 heavy (non-hydrogen) atoms. The molecule has 1 aliphatic carbocycles. The average Bonchev–Trinajstić information content (AvgIpc) is 3.16. The van der Waals surface area contributed by atoms with E-state index in [0.717, 1.165) is 35.0 Å². The largest absolute Gasteiger partial charge is 0.497 e. The smallest absolute Gasteiger partial charge is 0.259 e. The Morgan fingerprint density at radius 1 is 1.09 bits per heavy atom. The quantitative estimate of drug-likeness (QED) is 0.559. The highest BCUT2D eigenvalue weighted by Crippen LogP contribution is 2.37. The predicted octanol–water partition coefficient (Wildman–Crippen LogP) is 5.10. The molecule has 2 heterocycles. The molecule has 1 fully saturated rings. The van der Waals surface area contributed by atoms with Crippen molar-refractivity contribution >= 4 is 11.9 Å². The van der Waals surface area contributed by atoms with Gasteiger partial charge < -0.3 is 14.0 Å². The number of hydrogen-bond acceptors (Lipinski definition) is 5. The zero-order valence-electron chi connectivity index (χ0n) is 18.9. The fraction of sp³-hybridized carbons (Fsp3) is 0.400. The Balaban J connectivity index is 1.77. The van der Waals surface area contributed by atoms with E-state index in [1.165, 1.54) is 32.1 Å². The van der Waals surface area contributed by atoms with E-state index >= 15 is 0 Å². The Morgan fingerprint density at radius 3 is 2.53 bits per heavy atom. The molecule has 7 heteroatoms. The minimum Gasteiger partial charge on any atom is -0.497 e. The molecule has 1 aliphatic rings. The number of hydrogen-bond donors (Lipinski definition) is 1. The molecule has 0 atom stereocenters. The van der Waals surface area contributed by atoms with Gasteiger partial charge in [0.2, 0.25) is 5.95 Å². The number of carbonyl (C=O) groups is 1. The second-order valence-corrected chi connectivity index (χ2v) is 8.24. The Hall–Kier alpha value is -3.35. The zero-order chi connectivity index (χ0) is 22.5. The van der Waals surface area contributed by atoms with Crippen molar-refractivity contribution in [3.05, 3.63) is 54.0 Å². The number of amides is 1. The Kier molecular flexibility index (Phi) is 6.73. The average molecular weight is 435 g/mol. The SMILES string of the molecule is COc1ccc(OC)c(-c2cc(C(=O)Nc3ncccn3)c(C)n2CC2CCCCC2)c1. The standard InChI is InChI=1S/C25H30N4O3/c1-17-20(24(30)28-25-26-12-7-13-27-25)15-22(29(17)16-18-8-5-4-6-9-18)21-14-19(31-2)10-11-23(21)32-3/h7,10-15,18H,4-6,8-9,16H2,1-3H3,(H,26,27,28,30). The van der Waals surface area contributed by atoms with Gasteiger partial charge in [0.25, 0.3) is 5.91 Å². The lowest BCUT2D eigenvalue weighted by atomic mass is 9.89. The monoisotopic (exact) mass is 434 g/mol. The van der Waals surface area contributed by atoms with Crippen LogP contribution in [0.25, 0.3) is 11.3 Å². The Labute approximate surface area is 188 Å². The summed E-state index contributed by atoms with van der Waals surface area (Å²) in [6.45, 7) is 2.87. The van der Waals surface area contributed by atoms with Crippen molar-refractivity contribution in [1.29, 1.82) is 0 Å². The molecule has 0 bridgehead atoms. The number of benzene rings is 1. The molecular weight excluding hydrogens is 404 g/mol. The van der Waals surface area contributed by atoms with Crippen molar-refractivity contribution in [1.82, 2.24) is 14.5 Å². The van der Waals surface area contributed by atoms with Crippen LogP contribution in [-0.4, -0.2) is 34.7 Å². The van der Waals surface area contributed by atoms with Crippen LogP contribution in [0.4, 0.5) is 5.95 Å². The van der Waals surface area contributed by atoms with Gasteiger partial charge >= 0.3 is 0 Å². The maximum atomic E-state index is 13.1. The molecule has 168 valence electrons. The molecule has 0 spiro atoms. The van der Waals surface area contributed by atoms with Crippen LogP contribution in [0.1, 0.15) is 48.2 Å². The summed E-state index contributed by atoms with van der Waals surface area (Å²) in [7, 11) is 3.31. The van der Waals surface area contributed by atoms with Gasteiger partial charge in [0, 0.05) is 30.2 Å². The number of nitrogens with zero attached hydrogens (tertiary/aromatic N) is 3. The summed E-state index contributed by atoms with van der Waals surface area (Å²) in [6.07, 6.45) is 9.48. The van der Waals surface area contributed by atoms with E-state index in [2.05, 4.69) is 19.9 Å². The number of nitrogens with one attached hydrogen (secondary N) is 1. The van der Waals surface area contributed by atoms with Gasteiger partial charge in [-0.15, -0.1) is 0 Å². The van der Waals surface area contributed by atoms with Crippen LogP contribution in [-0.2, 0) is 6.54 Å². The van der Waals surface area contributed by atoms with Crippen LogP contribution in [0.5, 0.6) is 11.5 Å².